The Kier molecular flexibility index (Phi) is 5.79. The quantitative estimate of drug-likeness (QED) is 0.821. The second-order valence-corrected chi connectivity index (χ2v) is 9.14. The van der Waals surface area contributed by atoms with Gasteiger partial charge < -0.3 is 10.2 Å². The molecule has 5 nitrogen and oxygen atoms in total. The Balaban J connectivity index is 2.01. The van der Waals surface area contributed by atoms with Gasteiger partial charge in [0.15, 0.2) is 0 Å². The summed E-state index contributed by atoms with van der Waals surface area (Å²) in [6.45, 7) is 6.30. The van der Waals surface area contributed by atoms with Gasteiger partial charge in [-0.3, -0.25) is 0 Å². The van der Waals surface area contributed by atoms with Gasteiger partial charge in [-0.1, -0.05) is 6.92 Å². The largest absolute Gasteiger partial charge is 0.312 e. The maximum absolute atomic E-state index is 12.6. The summed E-state index contributed by atoms with van der Waals surface area (Å²) in [5.41, 5.74) is 0. The van der Waals surface area contributed by atoms with Crippen molar-refractivity contribution in [2.75, 3.05) is 40.3 Å². The fourth-order valence-electron chi connectivity index (χ4n) is 2.63. The van der Waals surface area contributed by atoms with E-state index in [2.05, 4.69) is 17.3 Å². The first-order valence-electron chi connectivity index (χ1n) is 7.37. The van der Waals surface area contributed by atoms with Crippen LogP contribution in [0.3, 0.4) is 0 Å². The summed E-state index contributed by atoms with van der Waals surface area (Å²) in [4.78, 5) is 3.31. The lowest BCUT2D eigenvalue weighted by Crippen LogP contribution is -2.32. The predicted molar refractivity (Wildman–Crippen MR) is 87.1 cm³/mol. The van der Waals surface area contributed by atoms with Crippen molar-refractivity contribution in [1.29, 1.82) is 0 Å². The maximum atomic E-state index is 12.6. The van der Waals surface area contributed by atoms with E-state index in [0.29, 0.717) is 16.7 Å². The average molecular weight is 332 g/mol. The van der Waals surface area contributed by atoms with Crippen LogP contribution in [0.25, 0.3) is 0 Å². The molecule has 1 fully saturated rings. The molecule has 1 aromatic heterocycles. The molecule has 0 aromatic carbocycles. The van der Waals surface area contributed by atoms with Gasteiger partial charge in [-0.05, 0) is 44.6 Å². The van der Waals surface area contributed by atoms with E-state index in [1.807, 2.05) is 13.0 Å². The zero-order chi connectivity index (χ0) is 15.5. The first-order valence-corrected chi connectivity index (χ1v) is 9.63. The Hall–Kier alpha value is -0.470. The van der Waals surface area contributed by atoms with Gasteiger partial charge in [0.25, 0.3) is 10.0 Å². The van der Waals surface area contributed by atoms with Crippen molar-refractivity contribution in [3.63, 3.8) is 0 Å². The number of rotatable bonds is 7. The first kappa shape index (κ1) is 16.9. The van der Waals surface area contributed by atoms with Gasteiger partial charge >= 0.3 is 0 Å². The van der Waals surface area contributed by atoms with Crippen LogP contribution < -0.4 is 5.32 Å². The number of hydrogen-bond acceptors (Lipinski definition) is 5. The third-order valence-electron chi connectivity index (χ3n) is 3.86. The number of nitrogens with one attached hydrogen (secondary N) is 1. The van der Waals surface area contributed by atoms with Crippen LogP contribution in [0, 0.1) is 5.92 Å². The van der Waals surface area contributed by atoms with Crippen LogP contribution in [0.15, 0.2) is 16.3 Å². The van der Waals surface area contributed by atoms with Crippen molar-refractivity contribution < 1.29 is 8.42 Å². The highest BCUT2D eigenvalue weighted by Crippen LogP contribution is 2.26. The summed E-state index contributed by atoms with van der Waals surface area (Å²) < 4.78 is 27.1. The van der Waals surface area contributed by atoms with Gasteiger partial charge in [-0.15, -0.1) is 11.3 Å². The van der Waals surface area contributed by atoms with Crippen molar-refractivity contribution in [2.24, 2.45) is 5.92 Å². The summed E-state index contributed by atoms with van der Waals surface area (Å²) in [6.07, 6.45) is 1.08. The van der Waals surface area contributed by atoms with Crippen molar-refractivity contribution in [2.45, 2.75) is 24.1 Å². The predicted octanol–water partition coefficient (Wildman–Crippen LogP) is 1.43. The van der Waals surface area contributed by atoms with E-state index in [9.17, 15) is 8.42 Å². The highest BCUT2D eigenvalue weighted by atomic mass is 32.2. The molecule has 2 heterocycles. The lowest BCUT2D eigenvalue weighted by Gasteiger charge is -2.20. The Morgan fingerprint density at radius 1 is 1.48 bits per heavy atom. The highest BCUT2D eigenvalue weighted by Gasteiger charge is 2.28. The smallest absolute Gasteiger partial charge is 0.252 e. The Bertz CT molecular complexity index is 556. The van der Waals surface area contributed by atoms with E-state index in [1.165, 1.54) is 15.6 Å². The second-order valence-electron chi connectivity index (χ2n) is 5.70. The number of nitrogens with zero attached hydrogens (tertiary/aromatic N) is 2. The minimum absolute atomic E-state index is 0.441. The molecule has 0 aliphatic carbocycles. The monoisotopic (exact) mass is 331 g/mol. The third kappa shape index (κ3) is 4.26. The molecule has 2 rings (SSSR count). The van der Waals surface area contributed by atoms with Crippen molar-refractivity contribution in [3.05, 3.63) is 17.0 Å². The zero-order valence-electron chi connectivity index (χ0n) is 13.0. The molecule has 0 spiro atoms. The zero-order valence-corrected chi connectivity index (χ0v) is 14.6. The molecule has 1 N–H and O–H groups in total. The summed E-state index contributed by atoms with van der Waals surface area (Å²) >= 11 is 1.36. The molecular formula is C14H25N3O2S2. The number of hydrogen-bond donors (Lipinski definition) is 1. The van der Waals surface area contributed by atoms with Gasteiger partial charge in [0.2, 0.25) is 0 Å². The topological polar surface area (TPSA) is 52.7 Å². The first-order chi connectivity index (χ1) is 9.93. The molecular weight excluding hydrogens is 306 g/mol. The van der Waals surface area contributed by atoms with Crippen LogP contribution in [0.2, 0.25) is 0 Å². The van der Waals surface area contributed by atoms with Crippen molar-refractivity contribution >= 4 is 21.4 Å². The van der Waals surface area contributed by atoms with E-state index >= 15 is 0 Å². The molecule has 1 aromatic rings. The van der Waals surface area contributed by atoms with Gasteiger partial charge in [-0.25, -0.2) is 8.42 Å². The van der Waals surface area contributed by atoms with Crippen LogP contribution >= 0.6 is 11.3 Å². The lowest BCUT2D eigenvalue weighted by atomic mass is 10.1. The summed E-state index contributed by atoms with van der Waals surface area (Å²) in [5, 5.41) is 3.22. The molecule has 21 heavy (non-hydrogen) atoms. The fourth-order valence-corrected chi connectivity index (χ4v) is 5.41. The van der Waals surface area contributed by atoms with Crippen LogP contribution in [-0.4, -0.2) is 57.9 Å². The van der Waals surface area contributed by atoms with E-state index in [0.717, 1.165) is 37.5 Å². The average Bonchev–Trinajstić information content (AvgIpc) is 3.06. The SMILES string of the molecule is CCNCc1ccc(S(=O)(=O)N(C)CC2CCN(C)C2)s1. The van der Waals surface area contributed by atoms with Gasteiger partial charge in [0.1, 0.15) is 4.21 Å². The number of thiophene rings is 1. The molecule has 0 saturated carbocycles. The van der Waals surface area contributed by atoms with Crippen molar-refractivity contribution in [1.82, 2.24) is 14.5 Å². The molecule has 120 valence electrons. The molecule has 7 heteroatoms. The maximum Gasteiger partial charge on any atom is 0.252 e. The molecule has 1 saturated heterocycles. The van der Waals surface area contributed by atoms with E-state index in [-0.39, 0.29) is 0 Å². The Morgan fingerprint density at radius 3 is 2.86 bits per heavy atom. The number of sulfonamides is 1. The van der Waals surface area contributed by atoms with Crippen LogP contribution in [0.5, 0.6) is 0 Å². The van der Waals surface area contributed by atoms with E-state index < -0.39 is 10.0 Å². The summed E-state index contributed by atoms with van der Waals surface area (Å²) in [5.74, 6) is 0.441. The Morgan fingerprint density at radius 2 is 2.24 bits per heavy atom. The standard InChI is InChI=1S/C14H25N3O2S2/c1-4-15-9-13-5-6-14(20-13)21(18,19)17(3)11-12-7-8-16(2)10-12/h5-6,12,15H,4,7-11H2,1-3H3. The third-order valence-corrected chi connectivity index (χ3v) is 7.23. The van der Waals surface area contributed by atoms with Gasteiger partial charge in [-0.2, -0.15) is 4.31 Å². The highest BCUT2D eigenvalue weighted by molar-refractivity contribution is 7.91. The minimum atomic E-state index is -3.34. The van der Waals surface area contributed by atoms with Crippen LogP contribution in [0.4, 0.5) is 0 Å². The Labute approximate surface area is 132 Å². The molecule has 1 unspecified atom stereocenters. The summed E-state index contributed by atoms with van der Waals surface area (Å²) in [7, 11) is 0.433. The normalized spacial score (nSPS) is 20.5. The molecule has 0 amide bonds. The number of likely N-dealkylation sites (tertiary alicyclic amines) is 1. The summed E-state index contributed by atoms with van der Waals surface area (Å²) in [6, 6.07) is 3.63. The van der Waals surface area contributed by atoms with Gasteiger partial charge in [0.05, 0.1) is 0 Å². The van der Waals surface area contributed by atoms with Gasteiger partial charge in [0, 0.05) is 31.6 Å². The molecule has 1 aliphatic heterocycles. The fraction of sp³-hybridized carbons (Fsp3) is 0.714. The van der Waals surface area contributed by atoms with Crippen LogP contribution in [-0.2, 0) is 16.6 Å². The molecule has 1 aliphatic rings. The lowest BCUT2D eigenvalue weighted by molar-refractivity contribution is 0.357. The molecule has 0 radical (unpaired) electrons. The van der Waals surface area contributed by atoms with Crippen molar-refractivity contribution in [3.8, 4) is 0 Å². The minimum Gasteiger partial charge on any atom is -0.312 e. The van der Waals surface area contributed by atoms with Crippen LogP contribution in [0.1, 0.15) is 18.2 Å². The molecule has 1 atom stereocenters. The second kappa shape index (κ2) is 7.19. The molecule has 0 bridgehead atoms. The van der Waals surface area contributed by atoms with E-state index in [1.54, 1.807) is 13.1 Å². The van der Waals surface area contributed by atoms with E-state index in [4.69, 9.17) is 0 Å².